The Morgan fingerprint density at radius 3 is 2.00 bits per heavy atom. The van der Waals surface area contributed by atoms with Crippen LogP contribution in [0.3, 0.4) is 0 Å². The maximum Gasteiger partial charge on any atom is 0.231 e. The SMILES string of the molecule is Cc1nnc(SCC(=O)NC(c2ccccc2)c2ccccc2)n1Cc1ccccc1. The molecule has 31 heavy (non-hydrogen) atoms. The van der Waals surface area contributed by atoms with E-state index in [0.717, 1.165) is 22.1 Å². The molecule has 3 aromatic carbocycles. The van der Waals surface area contributed by atoms with Crippen LogP contribution in [0.5, 0.6) is 0 Å². The number of benzene rings is 3. The second-order valence-electron chi connectivity index (χ2n) is 7.21. The fraction of sp³-hybridized carbons (Fsp3) is 0.160. The van der Waals surface area contributed by atoms with E-state index in [1.54, 1.807) is 0 Å². The van der Waals surface area contributed by atoms with Crippen LogP contribution in [0.25, 0.3) is 0 Å². The molecule has 0 fully saturated rings. The van der Waals surface area contributed by atoms with Crippen molar-refractivity contribution in [2.24, 2.45) is 0 Å². The zero-order valence-corrected chi connectivity index (χ0v) is 18.1. The number of aryl methyl sites for hydroxylation is 1. The first-order chi connectivity index (χ1) is 15.2. The minimum Gasteiger partial charge on any atom is -0.344 e. The first-order valence-corrected chi connectivity index (χ1v) is 11.1. The Kier molecular flexibility index (Phi) is 6.79. The average molecular weight is 429 g/mol. The van der Waals surface area contributed by atoms with Crippen molar-refractivity contribution in [2.45, 2.75) is 24.7 Å². The number of nitrogens with zero attached hydrogens (tertiary/aromatic N) is 3. The van der Waals surface area contributed by atoms with Crippen molar-refractivity contribution in [1.29, 1.82) is 0 Å². The van der Waals surface area contributed by atoms with Crippen LogP contribution in [0.1, 0.15) is 28.6 Å². The van der Waals surface area contributed by atoms with E-state index in [0.29, 0.717) is 6.54 Å². The largest absolute Gasteiger partial charge is 0.344 e. The van der Waals surface area contributed by atoms with Gasteiger partial charge in [-0.3, -0.25) is 4.79 Å². The molecule has 156 valence electrons. The molecule has 1 heterocycles. The van der Waals surface area contributed by atoms with Crippen LogP contribution in [0.15, 0.2) is 96.2 Å². The average Bonchev–Trinajstić information content (AvgIpc) is 3.17. The molecular formula is C25H24N4OS. The molecule has 0 spiro atoms. The lowest BCUT2D eigenvalue weighted by Crippen LogP contribution is -2.30. The van der Waals surface area contributed by atoms with E-state index in [2.05, 4.69) is 27.6 Å². The van der Waals surface area contributed by atoms with Crippen LogP contribution in [-0.4, -0.2) is 26.4 Å². The Hall–Kier alpha value is -3.38. The lowest BCUT2D eigenvalue weighted by Gasteiger charge is -2.20. The fourth-order valence-electron chi connectivity index (χ4n) is 3.40. The van der Waals surface area contributed by atoms with Gasteiger partial charge in [0.2, 0.25) is 5.91 Å². The molecule has 0 aliphatic heterocycles. The van der Waals surface area contributed by atoms with Gasteiger partial charge in [-0.05, 0) is 23.6 Å². The van der Waals surface area contributed by atoms with Gasteiger partial charge in [-0.25, -0.2) is 0 Å². The quantitative estimate of drug-likeness (QED) is 0.416. The molecule has 4 aromatic rings. The molecule has 0 unspecified atom stereocenters. The predicted molar refractivity (Wildman–Crippen MR) is 124 cm³/mol. The van der Waals surface area contributed by atoms with Crippen molar-refractivity contribution in [3.8, 4) is 0 Å². The van der Waals surface area contributed by atoms with Crippen LogP contribution in [0.4, 0.5) is 0 Å². The molecule has 0 atom stereocenters. The van der Waals surface area contributed by atoms with Crippen LogP contribution < -0.4 is 5.32 Å². The molecular weight excluding hydrogens is 404 g/mol. The van der Waals surface area contributed by atoms with Gasteiger partial charge in [0.05, 0.1) is 18.3 Å². The van der Waals surface area contributed by atoms with E-state index in [9.17, 15) is 4.79 Å². The van der Waals surface area contributed by atoms with Crippen LogP contribution in [0, 0.1) is 6.92 Å². The number of aromatic nitrogens is 3. The van der Waals surface area contributed by atoms with Crippen molar-refractivity contribution in [3.63, 3.8) is 0 Å². The molecule has 0 aliphatic rings. The van der Waals surface area contributed by atoms with Crippen LogP contribution in [0.2, 0.25) is 0 Å². The van der Waals surface area contributed by atoms with E-state index in [4.69, 9.17) is 0 Å². The molecule has 6 heteroatoms. The van der Waals surface area contributed by atoms with Crippen LogP contribution >= 0.6 is 11.8 Å². The number of hydrogen-bond donors (Lipinski definition) is 1. The summed E-state index contributed by atoms with van der Waals surface area (Å²) in [6.07, 6.45) is 0. The highest BCUT2D eigenvalue weighted by atomic mass is 32.2. The number of thioether (sulfide) groups is 1. The molecule has 1 aromatic heterocycles. The highest BCUT2D eigenvalue weighted by Gasteiger charge is 2.18. The maximum absolute atomic E-state index is 12.9. The highest BCUT2D eigenvalue weighted by Crippen LogP contribution is 2.23. The first-order valence-electron chi connectivity index (χ1n) is 10.2. The van der Waals surface area contributed by atoms with Gasteiger partial charge in [-0.15, -0.1) is 10.2 Å². The van der Waals surface area contributed by atoms with Crippen molar-refractivity contribution < 1.29 is 4.79 Å². The molecule has 0 bridgehead atoms. The summed E-state index contributed by atoms with van der Waals surface area (Å²) in [6.45, 7) is 2.61. The first kappa shape index (κ1) is 20.9. The molecule has 0 aliphatic carbocycles. The number of hydrogen-bond acceptors (Lipinski definition) is 4. The van der Waals surface area contributed by atoms with E-state index >= 15 is 0 Å². The fourth-order valence-corrected chi connectivity index (χ4v) is 4.19. The summed E-state index contributed by atoms with van der Waals surface area (Å²) in [5, 5.41) is 12.4. The van der Waals surface area contributed by atoms with E-state index < -0.39 is 0 Å². The Labute approximate surface area is 186 Å². The predicted octanol–water partition coefficient (Wildman–Crippen LogP) is 4.63. The van der Waals surface area contributed by atoms with E-state index in [-0.39, 0.29) is 17.7 Å². The Morgan fingerprint density at radius 2 is 1.42 bits per heavy atom. The summed E-state index contributed by atoms with van der Waals surface area (Å²) in [7, 11) is 0. The number of carbonyl (C=O) groups is 1. The molecule has 5 nitrogen and oxygen atoms in total. The number of rotatable bonds is 8. The molecule has 0 saturated heterocycles. The van der Waals surface area contributed by atoms with Gasteiger partial charge in [-0.2, -0.15) is 0 Å². The third-order valence-electron chi connectivity index (χ3n) is 4.99. The van der Waals surface area contributed by atoms with Gasteiger partial charge < -0.3 is 9.88 Å². The lowest BCUT2D eigenvalue weighted by atomic mass is 9.99. The van der Waals surface area contributed by atoms with Gasteiger partial charge in [0.25, 0.3) is 0 Å². The minimum absolute atomic E-state index is 0.0466. The summed E-state index contributed by atoms with van der Waals surface area (Å²) in [5.74, 6) is 1.05. The van der Waals surface area contributed by atoms with E-state index in [1.807, 2.05) is 90.4 Å². The summed E-state index contributed by atoms with van der Waals surface area (Å²) in [6, 6.07) is 30.0. The van der Waals surface area contributed by atoms with Crippen LogP contribution in [-0.2, 0) is 11.3 Å². The van der Waals surface area contributed by atoms with Crippen molar-refractivity contribution >= 4 is 17.7 Å². The second-order valence-corrected chi connectivity index (χ2v) is 8.15. The topological polar surface area (TPSA) is 59.8 Å². The second kappa shape index (κ2) is 10.1. The maximum atomic E-state index is 12.9. The monoisotopic (exact) mass is 428 g/mol. The summed E-state index contributed by atoms with van der Waals surface area (Å²) in [4.78, 5) is 12.9. The normalized spacial score (nSPS) is 10.9. The summed E-state index contributed by atoms with van der Waals surface area (Å²) >= 11 is 1.40. The molecule has 1 amide bonds. The third-order valence-corrected chi connectivity index (χ3v) is 5.96. The molecule has 4 rings (SSSR count). The number of nitrogens with one attached hydrogen (secondary N) is 1. The Balaban J connectivity index is 1.45. The third kappa shape index (κ3) is 5.41. The molecule has 1 N–H and O–H groups in total. The number of amides is 1. The standard InChI is InChI=1S/C25H24N4OS/c1-19-27-28-25(29(19)17-20-11-5-2-6-12-20)31-18-23(30)26-24(21-13-7-3-8-14-21)22-15-9-4-10-16-22/h2-16,24H,17-18H2,1H3,(H,26,30). The lowest BCUT2D eigenvalue weighted by molar-refractivity contribution is -0.119. The van der Waals surface area contributed by atoms with Gasteiger partial charge >= 0.3 is 0 Å². The molecule has 0 radical (unpaired) electrons. The zero-order chi connectivity index (χ0) is 21.5. The number of carbonyl (C=O) groups excluding carboxylic acids is 1. The van der Waals surface area contributed by atoms with Crippen molar-refractivity contribution in [3.05, 3.63) is 114 Å². The van der Waals surface area contributed by atoms with Gasteiger partial charge in [0.15, 0.2) is 5.16 Å². The van der Waals surface area contributed by atoms with Gasteiger partial charge in [0, 0.05) is 0 Å². The highest BCUT2D eigenvalue weighted by molar-refractivity contribution is 7.99. The zero-order valence-electron chi connectivity index (χ0n) is 17.3. The Morgan fingerprint density at radius 1 is 0.871 bits per heavy atom. The van der Waals surface area contributed by atoms with Gasteiger partial charge in [-0.1, -0.05) is 103 Å². The van der Waals surface area contributed by atoms with Crippen molar-refractivity contribution in [1.82, 2.24) is 20.1 Å². The minimum atomic E-state index is -0.195. The van der Waals surface area contributed by atoms with Gasteiger partial charge in [0.1, 0.15) is 5.82 Å². The summed E-state index contributed by atoms with van der Waals surface area (Å²) in [5.41, 5.74) is 3.27. The van der Waals surface area contributed by atoms with Crippen molar-refractivity contribution in [2.75, 3.05) is 5.75 Å². The summed E-state index contributed by atoms with van der Waals surface area (Å²) < 4.78 is 2.04. The molecule has 0 saturated carbocycles. The van der Waals surface area contributed by atoms with E-state index in [1.165, 1.54) is 17.3 Å². The smallest absolute Gasteiger partial charge is 0.231 e. The Bertz CT molecular complexity index is 1070.